The third kappa shape index (κ3) is 15.5. The van der Waals surface area contributed by atoms with Crippen LogP contribution < -0.4 is 0 Å². The van der Waals surface area contributed by atoms with E-state index in [1.54, 1.807) is 0 Å². The van der Waals surface area contributed by atoms with Gasteiger partial charge in [-0.15, -0.1) is 0 Å². The second-order valence-corrected chi connectivity index (χ2v) is 11.1. The average Bonchev–Trinajstić information content (AvgIpc) is 2.53. The summed E-state index contributed by atoms with van der Waals surface area (Å²) in [7, 11) is 0. The highest BCUT2D eigenvalue weighted by Crippen LogP contribution is 2.41. The molecule has 0 saturated heterocycles. The maximum absolute atomic E-state index is 2.46. The van der Waals surface area contributed by atoms with Gasteiger partial charge in [-0.1, -0.05) is 132 Å². The normalized spacial score (nSPS) is 14.7. The van der Waals surface area contributed by atoms with Crippen LogP contribution in [0.3, 0.4) is 0 Å². The molecular weight excluding hydrogens is 328 g/mol. The van der Waals surface area contributed by atoms with Crippen molar-refractivity contribution in [3.05, 3.63) is 0 Å². The molecular formula is C26H56O. The van der Waals surface area contributed by atoms with Crippen molar-refractivity contribution >= 4 is 0 Å². The molecule has 0 aliphatic carbocycles. The van der Waals surface area contributed by atoms with Crippen LogP contribution >= 0.6 is 0 Å². The fraction of sp³-hybridized carbons (Fsp3) is 1.00. The first-order chi connectivity index (χ1) is 12.1. The van der Waals surface area contributed by atoms with E-state index in [1.807, 2.05) is 0 Å². The molecule has 2 unspecified atom stereocenters. The zero-order valence-corrected chi connectivity index (χ0v) is 20.6. The zero-order valence-electron chi connectivity index (χ0n) is 20.6. The minimum atomic E-state index is 0. The lowest BCUT2D eigenvalue weighted by molar-refractivity contribution is 0.121. The maximum atomic E-state index is 2.46. The third-order valence-corrected chi connectivity index (χ3v) is 6.67. The van der Waals surface area contributed by atoms with E-state index in [1.165, 1.54) is 89.9 Å². The SMILES string of the molecule is CCCCCCCCCCCCCC(CC(CC)C(C)(C)C)C(C)(C)C.O. The Kier molecular flexibility index (Phi) is 17.1. The van der Waals surface area contributed by atoms with Crippen molar-refractivity contribution in [2.45, 2.75) is 145 Å². The van der Waals surface area contributed by atoms with Crippen molar-refractivity contribution in [1.29, 1.82) is 0 Å². The molecule has 2 N–H and O–H groups in total. The van der Waals surface area contributed by atoms with Gasteiger partial charge in [0.1, 0.15) is 0 Å². The van der Waals surface area contributed by atoms with E-state index in [0.29, 0.717) is 10.8 Å². The fourth-order valence-electron chi connectivity index (χ4n) is 4.44. The molecule has 0 rings (SSSR count). The molecule has 2 atom stereocenters. The van der Waals surface area contributed by atoms with Crippen LogP contribution in [0.2, 0.25) is 0 Å². The van der Waals surface area contributed by atoms with Crippen LogP contribution in [0.25, 0.3) is 0 Å². The summed E-state index contributed by atoms with van der Waals surface area (Å²) in [6, 6.07) is 0. The van der Waals surface area contributed by atoms with Gasteiger partial charge in [-0.05, 0) is 35.5 Å². The highest BCUT2D eigenvalue weighted by Gasteiger charge is 2.31. The van der Waals surface area contributed by atoms with E-state index < -0.39 is 0 Å². The molecule has 0 aliphatic heterocycles. The quantitative estimate of drug-likeness (QED) is 0.252. The lowest BCUT2D eigenvalue weighted by Gasteiger charge is -2.38. The Morgan fingerprint density at radius 2 is 0.889 bits per heavy atom. The molecule has 27 heavy (non-hydrogen) atoms. The molecule has 0 fully saturated rings. The Morgan fingerprint density at radius 1 is 0.519 bits per heavy atom. The average molecular weight is 385 g/mol. The fourth-order valence-corrected chi connectivity index (χ4v) is 4.44. The van der Waals surface area contributed by atoms with Crippen molar-refractivity contribution in [2.75, 3.05) is 0 Å². The molecule has 0 aliphatic rings. The highest BCUT2D eigenvalue weighted by molar-refractivity contribution is 4.81. The summed E-state index contributed by atoms with van der Waals surface area (Å²) in [5, 5.41) is 0. The van der Waals surface area contributed by atoms with E-state index in [2.05, 4.69) is 55.4 Å². The summed E-state index contributed by atoms with van der Waals surface area (Å²) in [4.78, 5) is 0. The molecule has 0 aromatic carbocycles. The molecule has 0 spiro atoms. The van der Waals surface area contributed by atoms with E-state index in [9.17, 15) is 0 Å². The van der Waals surface area contributed by atoms with Crippen LogP contribution in [-0.4, -0.2) is 5.48 Å². The Bertz CT molecular complexity index is 307. The molecule has 0 amide bonds. The summed E-state index contributed by atoms with van der Waals surface area (Å²) < 4.78 is 0. The lowest BCUT2D eigenvalue weighted by Crippen LogP contribution is -2.28. The largest absolute Gasteiger partial charge is 0.412 e. The third-order valence-electron chi connectivity index (χ3n) is 6.67. The molecule has 0 saturated carbocycles. The van der Waals surface area contributed by atoms with Gasteiger partial charge in [-0.2, -0.15) is 0 Å². The van der Waals surface area contributed by atoms with Gasteiger partial charge in [0, 0.05) is 0 Å². The van der Waals surface area contributed by atoms with Crippen LogP contribution in [-0.2, 0) is 0 Å². The molecule has 0 heterocycles. The molecule has 0 radical (unpaired) electrons. The second kappa shape index (κ2) is 15.8. The summed E-state index contributed by atoms with van der Waals surface area (Å²) in [5.41, 5.74) is 0.909. The van der Waals surface area contributed by atoms with Crippen molar-refractivity contribution < 1.29 is 5.48 Å². The summed E-state index contributed by atoms with van der Waals surface area (Å²) in [6.45, 7) is 19.4. The predicted molar refractivity (Wildman–Crippen MR) is 125 cm³/mol. The minimum Gasteiger partial charge on any atom is -0.412 e. The predicted octanol–water partition coefficient (Wildman–Crippen LogP) is 8.99. The van der Waals surface area contributed by atoms with Crippen LogP contribution in [0.5, 0.6) is 0 Å². The van der Waals surface area contributed by atoms with Gasteiger partial charge in [0.2, 0.25) is 0 Å². The van der Waals surface area contributed by atoms with E-state index in [-0.39, 0.29) is 5.48 Å². The molecule has 1 heteroatoms. The number of unbranched alkanes of at least 4 members (excludes halogenated alkanes) is 10. The first-order valence-electron chi connectivity index (χ1n) is 12.1. The van der Waals surface area contributed by atoms with Crippen LogP contribution in [0, 0.1) is 22.7 Å². The van der Waals surface area contributed by atoms with Gasteiger partial charge in [-0.25, -0.2) is 0 Å². The number of hydrogen-bond acceptors (Lipinski definition) is 0. The lowest BCUT2D eigenvalue weighted by atomic mass is 9.67. The first-order valence-corrected chi connectivity index (χ1v) is 12.1. The molecule has 0 bridgehead atoms. The standard InChI is InChI=1S/C26H54.H2O/c1-9-11-12-13-14-15-16-17-18-19-20-21-24(26(6,7)8)22-23(10-2)25(3,4)5;/h23-24H,9-22H2,1-8H3;1H2. The van der Waals surface area contributed by atoms with Crippen molar-refractivity contribution in [1.82, 2.24) is 0 Å². The molecule has 0 aromatic heterocycles. The van der Waals surface area contributed by atoms with Gasteiger partial charge in [0.25, 0.3) is 0 Å². The Hall–Kier alpha value is -0.0400. The first kappa shape index (κ1) is 29.2. The van der Waals surface area contributed by atoms with Crippen LogP contribution in [0.1, 0.15) is 145 Å². The second-order valence-electron chi connectivity index (χ2n) is 11.1. The van der Waals surface area contributed by atoms with E-state index in [4.69, 9.17) is 0 Å². The Morgan fingerprint density at radius 3 is 1.22 bits per heavy atom. The topological polar surface area (TPSA) is 31.5 Å². The minimum absolute atomic E-state index is 0. The molecule has 1 nitrogen and oxygen atoms in total. The summed E-state index contributed by atoms with van der Waals surface area (Å²) in [5.74, 6) is 1.74. The molecule has 0 aromatic rings. The van der Waals surface area contributed by atoms with Gasteiger partial charge in [0.15, 0.2) is 0 Å². The summed E-state index contributed by atoms with van der Waals surface area (Å²) >= 11 is 0. The van der Waals surface area contributed by atoms with Crippen molar-refractivity contribution in [3.63, 3.8) is 0 Å². The number of rotatable bonds is 15. The van der Waals surface area contributed by atoms with Gasteiger partial charge in [0.05, 0.1) is 0 Å². The summed E-state index contributed by atoms with van der Waals surface area (Å²) in [6.07, 6.45) is 20.1. The van der Waals surface area contributed by atoms with Gasteiger partial charge >= 0.3 is 0 Å². The Labute approximate surface area is 173 Å². The maximum Gasteiger partial charge on any atom is -0.0354 e. The van der Waals surface area contributed by atoms with Gasteiger partial charge < -0.3 is 5.48 Å². The van der Waals surface area contributed by atoms with Gasteiger partial charge in [-0.3, -0.25) is 0 Å². The van der Waals surface area contributed by atoms with Crippen molar-refractivity contribution in [3.8, 4) is 0 Å². The Balaban J connectivity index is 0. The van der Waals surface area contributed by atoms with E-state index in [0.717, 1.165) is 11.8 Å². The molecule has 166 valence electrons. The van der Waals surface area contributed by atoms with Crippen molar-refractivity contribution in [2.24, 2.45) is 22.7 Å². The number of hydrogen-bond donors (Lipinski definition) is 0. The highest BCUT2D eigenvalue weighted by atomic mass is 16.0. The smallest absolute Gasteiger partial charge is 0.0354 e. The zero-order chi connectivity index (χ0) is 20.1. The van der Waals surface area contributed by atoms with Crippen LogP contribution in [0.4, 0.5) is 0 Å². The monoisotopic (exact) mass is 384 g/mol. The van der Waals surface area contributed by atoms with E-state index >= 15 is 0 Å². The van der Waals surface area contributed by atoms with Crippen LogP contribution in [0.15, 0.2) is 0 Å².